The van der Waals surface area contributed by atoms with E-state index < -0.39 is 0 Å². The van der Waals surface area contributed by atoms with Crippen molar-refractivity contribution < 1.29 is 0 Å². The first-order chi connectivity index (χ1) is 11.0. The molecule has 4 nitrogen and oxygen atoms in total. The Morgan fingerprint density at radius 3 is 2.61 bits per heavy atom. The summed E-state index contributed by atoms with van der Waals surface area (Å²) < 4.78 is 0. The number of anilines is 2. The van der Waals surface area contributed by atoms with Crippen molar-refractivity contribution >= 4 is 11.8 Å². The number of hydrogen-bond acceptors (Lipinski definition) is 4. The number of aryl methyl sites for hydroxylation is 1. The summed E-state index contributed by atoms with van der Waals surface area (Å²) in [7, 11) is 0. The number of aromatic nitrogens is 2. The minimum atomic E-state index is 0.575. The van der Waals surface area contributed by atoms with E-state index in [9.17, 15) is 0 Å². The Hall–Kier alpha value is -2.10. The van der Waals surface area contributed by atoms with Crippen LogP contribution in [0.5, 0.6) is 0 Å². The van der Waals surface area contributed by atoms with Gasteiger partial charge in [0, 0.05) is 30.9 Å². The van der Waals surface area contributed by atoms with Gasteiger partial charge in [-0.05, 0) is 37.3 Å². The third-order valence-corrected chi connectivity index (χ3v) is 4.46. The van der Waals surface area contributed by atoms with Crippen LogP contribution in [0.15, 0.2) is 24.3 Å². The maximum Gasteiger partial charge on any atom is 0.224 e. The van der Waals surface area contributed by atoms with Crippen LogP contribution in [0.3, 0.4) is 0 Å². The van der Waals surface area contributed by atoms with Gasteiger partial charge < -0.3 is 10.2 Å². The molecule has 0 aliphatic carbocycles. The van der Waals surface area contributed by atoms with E-state index in [1.165, 1.54) is 16.7 Å². The third kappa shape index (κ3) is 3.46. The first kappa shape index (κ1) is 15.8. The molecule has 0 amide bonds. The fraction of sp³-hybridized carbons (Fsp3) is 0.474. The third-order valence-electron chi connectivity index (χ3n) is 4.46. The highest BCUT2D eigenvalue weighted by atomic mass is 15.2. The van der Waals surface area contributed by atoms with Crippen molar-refractivity contribution in [3.8, 4) is 0 Å². The normalized spacial score (nSPS) is 14.0. The van der Waals surface area contributed by atoms with Gasteiger partial charge in [0.15, 0.2) is 0 Å². The lowest BCUT2D eigenvalue weighted by atomic mass is 9.99. The molecule has 0 saturated heterocycles. The smallest absolute Gasteiger partial charge is 0.224 e. The lowest BCUT2D eigenvalue weighted by molar-refractivity contribution is 0.681. The van der Waals surface area contributed by atoms with Crippen molar-refractivity contribution in [2.45, 2.75) is 40.7 Å². The summed E-state index contributed by atoms with van der Waals surface area (Å²) >= 11 is 0. The van der Waals surface area contributed by atoms with E-state index in [0.29, 0.717) is 5.92 Å². The molecule has 1 aliphatic rings. The van der Waals surface area contributed by atoms with Gasteiger partial charge >= 0.3 is 0 Å². The molecule has 0 spiro atoms. The summed E-state index contributed by atoms with van der Waals surface area (Å²) in [5.74, 6) is 2.39. The van der Waals surface area contributed by atoms with E-state index >= 15 is 0 Å². The Bertz CT molecular complexity index is 694. The van der Waals surface area contributed by atoms with E-state index in [2.05, 4.69) is 67.2 Å². The molecule has 1 aromatic carbocycles. The van der Waals surface area contributed by atoms with Gasteiger partial charge in [-0.25, -0.2) is 4.98 Å². The summed E-state index contributed by atoms with van der Waals surface area (Å²) in [4.78, 5) is 11.8. The summed E-state index contributed by atoms with van der Waals surface area (Å²) in [6, 6.07) is 8.71. The van der Waals surface area contributed by atoms with Crippen molar-refractivity contribution in [1.82, 2.24) is 9.97 Å². The zero-order valence-electron chi connectivity index (χ0n) is 14.6. The number of benzene rings is 1. The maximum absolute atomic E-state index is 4.81. The second-order valence-corrected chi connectivity index (χ2v) is 6.80. The average Bonchev–Trinajstić information content (AvgIpc) is 2.55. The molecule has 3 rings (SSSR count). The zero-order chi connectivity index (χ0) is 16.4. The lowest BCUT2D eigenvalue weighted by Gasteiger charge is -2.31. The Morgan fingerprint density at radius 1 is 1.13 bits per heavy atom. The first-order valence-corrected chi connectivity index (χ1v) is 8.45. The molecule has 1 aromatic heterocycles. The number of fused-ring (bicyclic) bond motifs is 1. The van der Waals surface area contributed by atoms with E-state index in [-0.39, 0.29) is 0 Å². The molecule has 0 fully saturated rings. The highest BCUT2D eigenvalue weighted by molar-refractivity contribution is 5.53. The lowest BCUT2D eigenvalue weighted by Crippen LogP contribution is -2.32. The minimum Gasteiger partial charge on any atom is -0.354 e. The van der Waals surface area contributed by atoms with Gasteiger partial charge in [-0.2, -0.15) is 4.98 Å². The van der Waals surface area contributed by atoms with Crippen LogP contribution in [0.2, 0.25) is 0 Å². The van der Waals surface area contributed by atoms with Crippen LogP contribution in [-0.2, 0) is 13.0 Å². The molecule has 2 aromatic rings. The summed E-state index contributed by atoms with van der Waals surface area (Å²) in [5.41, 5.74) is 5.11. The second kappa shape index (κ2) is 6.57. The van der Waals surface area contributed by atoms with E-state index in [1.54, 1.807) is 0 Å². The number of nitrogens with zero attached hydrogens (tertiary/aromatic N) is 3. The molecule has 2 heterocycles. The molecule has 4 heteroatoms. The topological polar surface area (TPSA) is 41.1 Å². The molecule has 0 atom stereocenters. The van der Waals surface area contributed by atoms with Gasteiger partial charge in [-0.1, -0.05) is 38.1 Å². The van der Waals surface area contributed by atoms with Crippen molar-refractivity contribution in [3.05, 3.63) is 46.6 Å². The predicted molar refractivity (Wildman–Crippen MR) is 96.0 cm³/mol. The van der Waals surface area contributed by atoms with Crippen molar-refractivity contribution in [1.29, 1.82) is 0 Å². The second-order valence-electron chi connectivity index (χ2n) is 6.80. The quantitative estimate of drug-likeness (QED) is 0.934. The van der Waals surface area contributed by atoms with Crippen LogP contribution in [0, 0.1) is 19.8 Å². The Kier molecular flexibility index (Phi) is 4.51. The van der Waals surface area contributed by atoms with Gasteiger partial charge in [-0.15, -0.1) is 0 Å². The van der Waals surface area contributed by atoms with Gasteiger partial charge in [0.05, 0.1) is 0 Å². The van der Waals surface area contributed by atoms with Crippen LogP contribution in [0.1, 0.15) is 36.2 Å². The fourth-order valence-electron chi connectivity index (χ4n) is 2.97. The van der Waals surface area contributed by atoms with Crippen LogP contribution < -0.4 is 10.2 Å². The Labute approximate surface area is 139 Å². The molecule has 0 unspecified atom stereocenters. The summed E-state index contributed by atoms with van der Waals surface area (Å²) in [5, 5.41) is 3.36. The molecule has 0 radical (unpaired) electrons. The van der Waals surface area contributed by atoms with Crippen LogP contribution in [-0.4, -0.2) is 23.1 Å². The first-order valence-electron chi connectivity index (χ1n) is 8.45. The average molecular weight is 310 g/mol. The maximum atomic E-state index is 4.81. The Balaban J connectivity index is 1.87. The van der Waals surface area contributed by atoms with Gasteiger partial charge in [0.2, 0.25) is 5.95 Å². The van der Waals surface area contributed by atoms with Crippen molar-refractivity contribution in [2.24, 2.45) is 5.92 Å². The van der Waals surface area contributed by atoms with Gasteiger partial charge in [0.25, 0.3) is 0 Å². The largest absolute Gasteiger partial charge is 0.354 e. The zero-order valence-corrected chi connectivity index (χ0v) is 14.6. The monoisotopic (exact) mass is 310 g/mol. The molecule has 122 valence electrons. The molecule has 1 aliphatic heterocycles. The molecule has 23 heavy (non-hydrogen) atoms. The standard InChI is InChI=1S/C19H26N4/c1-13(2)11-20-19-21-15(4)14(3)18(22-19)23-10-9-16-7-5-6-8-17(16)12-23/h5-8,13H,9-12H2,1-4H3,(H,20,21,22). The summed E-state index contributed by atoms with van der Waals surface area (Å²) in [6.07, 6.45) is 1.08. The SMILES string of the molecule is Cc1nc(NCC(C)C)nc(N2CCc3ccccc3C2)c1C. The van der Waals surface area contributed by atoms with Crippen LogP contribution in [0.4, 0.5) is 11.8 Å². The molecular weight excluding hydrogens is 284 g/mol. The molecule has 0 saturated carbocycles. The highest BCUT2D eigenvalue weighted by Gasteiger charge is 2.20. The number of hydrogen-bond donors (Lipinski definition) is 1. The predicted octanol–water partition coefficient (Wildman–Crippen LogP) is 3.72. The number of nitrogens with one attached hydrogen (secondary N) is 1. The van der Waals surface area contributed by atoms with E-state index in [0.717, 1.165) is 43.5 Å². The van der Waals surface area contributed by atoms with E-state index in [4.69, 9.17) is 4.98 Å². The van der Waals surface area contributed by atoms with Crippen LogP contribution in [0.25, 0.3) is 0 Å². The van der Waals surface area contributed by atoms with Crippen molar-refractivity contribution in [3.63, 3.8) is 0 Å². The van der Waals surface area contributed by atoms with Gasteiger partial charge in [-0.3, -0.25) is 0 Å². The molecular formula is C19H26N4. The minimum absolute atomic E-state index is 0.575. The molecule has 0 bridgehead atoms. The summed E-state index contributed by atoms with van der Waals surface area (Å²) in [6.45, 7) is 11.4. The number of rotatable bonds is 4. The highest BCUT2D eigenvalue weighted by Crippen LogP contribution is 2.27. The van der Waals surface area contributed by atoms with Crippen LogP contribution >= 0.6 is 0 Å². The van der Waals surface area contributed by atoms with Gasteiger partial charge in [0.1, 0.15) is 5.82 Å². The van der Waals surface area contributed by atoms with E-state index in [1.807, 2.05) is 0 Å². The van der Waals surface area contributed by atoms with Crippen molar-refractivity contribution in [2.75, 3.05) is 23.3 Å². The molecule has 1 N–H and O–H groups in total. The fourth-order valence-corrected chi connectivity index (χ4v) is 2.97. The Morgan fingerprint density at radius 2 is 1.87 bits per heavy atom.